The minimum absolute atomic E-state index is 0.110. The molecule has 37 heavy (non-hydrogen) atoms. The lowest BCUT2D eigenvalue weighted by Crippen LogP contribution is -2.30. The highest BCUT2D eigenvalue weighted by atomic mass is 35.5. The molecule has 1 N–H and O–H groups in total. The van der Waals surface area contributed by atoms with E-state index in [4.69, 9.17) is 30.8 Å². The van der Waals surface area contributed by atoms with E-state index in [1.54, 1.807) is 13.2 Å². The minimum Gasteiger partial charge on any atom is -0.486 e. The van der Waals surface area contributed by atoms with Crippen molar-refractivity contribution < 1.29 is 19.0 Å². The number of para-hydroxylation sites is 1. The normalized spacial score (nSPS) is 11.3. The summed E-state index contributed by atoms with van der Waals surface area (Å²) in [7, 11) is 5.60. The van der Waals surface area contributed by atoms with Gasteiger partial charge in [0.1, 0.15) is 23.6 Å². The van der Waals surface area contributed by atoms with Crippen LogP contribution in [0.2, 0.25) is 5.02 Å². The molecule has 196 valence electrons. The number of aromatic nitrogens is 2. The Labute approximate surface area is 222 Å². The van der Waals surface area contributed by atoms with Gasteiger partial charge in [-0.25, -0.2) is 4.98 Å². The van der Waals surface area contributed by atoms with Gasteiger partial charge in [-0.05, 0) is 31.6 Å². The maximum Gasteiger partial charge on any atom is 0.257 e. The number of rotatable bonds is 13. The SMILES string of the molecule is C=C/C=C(/c1cc(C)nc2c(OCc3c(Cl)cncc3OCC(=O)NCCCOC)cccc12)N(C)C. The first-order valence-electron chi connectivity index (χ1n) is 11.9. The first-order chi connectivity index (χ1) is 17.8. The maximum absolute atomic E-state index is 12.1. The van der Waals surface area contributed by atoms with Crippen molar-refractivity contribution in [3.63, 3.8) is 0 Å². The average Bonchev–Trinajstić information content (AvgIpc) is 2.87. The van der Waals surface area contributed by atoms with Gasteiger partial charge in [-0.2, -0.15) is 0 Å². The second kappa shape index (κ2) is 13.6. The summed E-state index contributed by atoms with van der Waals surface area (Å²) in [4.78, 5) is 23.0. The highest BCUT2D eigenvalue weighted by Gasteiger charge is 2.16. The molecule has 2 heterocycles. The molecule has 0 saturated carbocycles. The van der Waals surface area contributed by atoms with Crippen LogP contribution in [0.15, 0.2) is 55.4 Å². The molecule has 0 atom stereocenters. The molecule has 0 bridgehead atoms. The topological polar surface area (TPSA) is 85.8 Å². The molecule has 0 aliphatic heterocycles. The standard InChI is InChI=1S/C28H33ClN4O4/c1-6-9-24(33(3)4)21-14-19(2)32-28-20(21)10-7-11-25(28)36-17-22-23(29)15-30-16-26(22)37-18-27(34)31-12-8-13-35-5/h6-7,9-11,14-16H,1,8,12-13,17-18H2,2-5H3,(H,31,34)/b24-9-. The summed E-state index contributed by atoms with van der Waals surface area (Å²) < 4.78 is 16.9. The molecule has 1 amide bonds. The molecule has 0 fully saturated rings. The predicted octanol–water partition coefficient (Wildman–Crippen LogP) is 4.79. The largest absolute Gasteiger partial charge is 0.486 e. The van der Waals surface area contributed by atoms with Crippen molar-refractivity contribution in [1.29, 1.82) is 0 Å². The van der Waals surface area contributed by atoms with Crippen molar-refractivity contribution >= 4 is 34.1 Å². The Hall–Kier alpha value is -3.62. The second-order valence-electron chi connectivity index (χ2n) is 8.52. The number of ether oxygens (including phenoxy) is 3. The van der Waals surface area contributed by atoms with Gasteiger partial charge in [-0.3, -0.25) is 9.78 Å². The number of halogens is 1. The van der Waals surface area contributed by atoms with Gasteiger partial charge in [0, 0.05) is 62.9 Å². The summed E-state index contributed by atoms with van der Waals surface area (Å²) in [5.74, 6) is 0.746. The summed E-state index contributed by atoms with van der Waals surface area (Å²) in [6.45, 7) is 6.83. The predicted molar refractivity (Wildman–Crippen MR) is 147 cm³/mol. The summed E-state index contributed by atoms with van der Waals surface area (Å²) in [6.07, 6.45) is 7.50. The fraction of sp³-hybridized carbons (Fsp3) is 0.321. The molecule has 3 aromatic rings. The lowest BCUT2D eigenvalue weighted by Gasteiger charge is -2.20. The Morgan fingerprint density at radius 1 is 1.22 bits per heavy atom. The number of amides is 1. The zero-order valence-electron chi connectivity index (χ0n) is 21.7. The molecule has 0 spiro atoms. The van der Waals surface area contributed by atoms with E-state index in [0.29, 0.717) is 35.2 Å². The van der Waals surface area contributed by atoms with E-state index in [1.165, 1.54) is 12.4 Å². The van der Waals surface area contributed by atoms with Crippen LogP contribution < -0.4 is 14.8 Å². The molecule has 2 aromatic heterocycles. The Morgan fingerprint density at radius 3 is 2.76 bits per heavy atom. The van der Waals surface area contributed by atoms with Crippen LogP contribution in [0.1, 0.15) is 23.2 Å². The van der Waals surface area contributed by atoms with Crippen LogP contribution in [-0.4, -0.2) is 61.7 Å². The van der Waals surface area contributed by atoms with E-state index in [-0.39, 0.29) is 19.1 Å². The molecule has 1 aromatic carbocycles. The number of nitrogens with one attached hydrogen (secondary N) is 1. The number of fused-ring (bicyclic) bond motifs is 1. The van der Waals surface area contributed by atoms with Gasteiger partial charge in [-0.15, -0.1) is 0 Å². The van der Waals surface area contributed by atoms with Crippen LogP contribution in [0.5, 0.6) is 11.5 Å². The molecular formula is C28H33ClN4O4. The molecule has 0 saturated heterocycles. The van der Waals surface area contributed by atoms with E-state index in [9.17, 15) is 4.79 Å². The summed E-state index contributed by atoms with van der Waals surface area (Å²) >= 11 is 6.43. The highest BCUT2D eigenvalue weighted by molar-refractivity contribution is 6.31. The number of pyridine rings is 2. The van der Waals surface area contributed by atoms with Gasteiger partial charge in [-0.1, -0.05) is 36.4 Å². The molecule has 0 radical (unpaired) electrons. The van der Waals surface area contributed by atoms with E-state index >= 15 is 0 Å². The first kappa shape index (κ1) is 28.0. The molecular weight excluding hydrogens is 492 g/mol. The van der Waals surface area contributed by atoms with Crippen LogP contribution in [0.25, 0.3) is 16.6 Å². The van der Waals surface area contributed by atoms with Gasteiger partial charge >= 0.3 is 0 Å². The molecule has 3 rings (SSSR count). The zero-order chi connectivity index (χ0) is 26.8. The van der Waals surface area contributed by atoms with Crippen LogP contribution >= 0.6 is 11.6 Å². The number of nitrogens with zero attached hydrogens (tertiary/aromatic N) is 3. The number of hydrogen-bond donors (Lipinski definition) is 1. The van der Waals surface area contributed by atoms with E-state index < -0.39 is 0 Å². The molecule has 8 nitrogen and oxygen atoms in total. The van der Waals surface area contributed by atoms with E-state index in [1.807, 2.05) is 56.3 Å². The number of carbonyl (C=O) groups excluding carboxylic acids is 1. The van der Waals surface area contributed by atoms with Gasteiger partial charge in [0.15, 0.2) is 6.61 Å². The third kappa shape index (κ3) is 7.44. The van der Waals surface area contributed by atoms with Crippen LogP contribution in [0.4, 0.5) is 0 Å². The third-order valence-electron chi connectivity index (χ3n) is 5.51. The fourth-order valence-corrected chi connectivity index (χ4v) is 3.97. The zero-order valence-corrected chi connectivity index (χ0v) is 22.5. The molecule has 0 unspecified atom stereocenters. The number of methoxy groups -OCH3 is 1. The number of hydrogen-bond acceptors (Lipinski definition) is 7. The maximum atomic E-state index is 12.1. The Balaban J connectivity index is 1.83. The van der Waals surface area contributed by atoms with Crippen LogP contribution in [0.3, 0.4) is 0 Å². The Morgan fingerprint density at radius 2 is 2.03 bits per heavy atom. The van der Waals surface area contributed by atoms with E-state index in [2.05, 4.69) is 16.9 Å². The average molecular weight is 525 g/mol. The van der Waals surface area contributed by atoms with Crippen molar-refractivity contribution in [2.75, 3.05) is 41.0 Å². The lowest BCUT2D eigenvalue weighted by atomic mass is 10.0. The summed E-state index contributed by atoms with van der Waals surface area (Å²) in [5.41, 5.74) is 4.22. The van der Waals surface area contributed by atoms with Gasteiger partial charge in [0.25, 0.3) is 5.91 Å². The minimum atomic E-state index is -0.242. The van der Waals surface area contributed by atoms with E-state index in [0.717, 1.165) is 34.3 Å². The highest BCUT2D eigenvalue weighted by Crippen LogP contribution is 2.33. The van der Waals surface area contributed by atoms with Crippen molar-refractivity contribution in [3.05, 3.63) is 77.2 Å². The van der Waals surface area contributed by atoms with Gasteiger partial charge < -0.3 is 24.4 Å². The van der Waals surface area contributed by atoms with Gasteiger partial charge in [0.2, 0.25) is 0 Å². The third-order valence-corrected chi connectivity index (χ3v) is 5.83. The van der Waals surface area contributed by atoms with Gasteiger partial charge in [0.05, 0.1) is 16.8 Å². The summed E-state index contributed by atoms with van der Waals surface area (Å²) in [5, 5.41) is 4.12. The monoisotopic (exact) mass is 524 g/mol. The van der Waals surface area contributed by atoms with Crippen LogP contribution in [0, 0.1) is 6.92 Å². The molecule has 0 aliphatic carbocycles. The number of allylic oxidation sites excluding steroid dienone is 2. The number of carbonyl (C=O) groups is 1. The number of benzene rings is 1. The van der Waals surface area contributed by atoms with Crippen LogP contribution in [-0.2, 0) is 16.1 Å². The molecule has 9 heteroatoms. The van der Waals surface area contributed by atoms with Crippen molar-refractivity contribution in [2.24, 2.45) is 0 Å². The first-order valence-corrected chi connectivity index (χ1v) is 12.3. The smallest absolute Gasteiger partial charge is 0.257 e. The van der Waals surface area contributed by atoms with Crippen molar-refractivity contribution in [3.8, 4) is 11.5 Å². The lowest BCUT2D eigenvalue weighted by molar-refractivity contribution is -0.123. The summed E-state index contributed by atoms with van der Waals surface area (Å²) in [6, 6.07) is 7.87. The Kier molecular flexibility index (Phi) is 10.3. The second-order valence-corrected chi connectivity index (χ2v) is 8.92. The fourth-order valence-electron chi connectivity index (χ4n) is 3.77. The quantitative estimate of drug-likeness (QED) is 0.254. The Bertz CT molecular complexity index is 1280. The van der Waals surface area contributed by atoms with Crippen molar-refractivity contribution in [2.45, 2.75) is 20.0 Å². The van der Waals surface area contributed by atoms with Crippen molar-refractivity contribution in [1.82, 2.24) is 20.2 Å². The molecule has 0 aliphatic rings. The number of aryl methyl sites for hydroxylation is 1.